The van der Waals surface area contributed by atoms with Crippen LogP contribution < -0.4 is 5.32 Å². The summed E-state index contributed by atoms with van der Waals surface area (Å²) in [5.74, 6) is 0. The third kappa shape index (κ3) is 2.79. The minimum absolute atomic E-state index is 0.439. The average Bonchev–Trinajstić information content (AvgIpc) is 2.76. The van der Waals surface area contributed by atoms with Gasteiger partial charge in [0.2, 0.25) is 0 Å². The van der Waals surface area contributed by atoms with Crippen LogP contribution >= 0.6 is 0 Å². The molecule has 2 rings (SSSR count). The van der Waals surface area contributed by atoms with Crippen LogP contribution in [0.25, 0.3) is 0 Å². The molecule has 4 heteroatoms. The minimum Gasteiger partial charge on any atom is -0.379 e. The Morgan fingerprint density at radius 3 is 3.33 bits per heavy atom. The van der Waals surface area contributed by atoms with Crippen molar-refractivity contribution in [3.8, 4) is 0 Å². The van der Waals surface area contributed by atoms with E-state index < -0.39 is 0 Å². The normalized spacial score (nSPS) is 21.8. The highest BCUT2D eigenvalue weighted by Gasteiger charge is 2.16. The van der Waals surface area contributed by atoms with Crippen LogP contribution in [0.15, 0.2) is 12.3 Å². The van der Waals surface area contributed by atoms with E-state index in [0.29, 0.717) is 6.04 Å². The fourth-order valence-electron chi connectivity index (χ4n) is 1.86. The van der Waals surface area contributed by atoms with Gasteiger partial charge in [-0.05, 0) is 25.5 Å². The molecule has 84 valence electrons. The lowest BCUT2D eigenvalue weighted by Gasteiger charge is -2.22. The molecule has 0 amide bonds. The zero-order chi connectivity index (χ0) is 10.5. The van der Waals surface area contributed by atoms with Crippen LogP contribution in [0.4, 0.5) is 0 Å². The topological polar surface area (TPSA) is 39.1 Å². The SMILES string of the molecule is CCNCc1ccn(C2CCCOC2)n1. The second-order valence-corrected chi connectivity index (χ2v) is 3.94. The van der Waals surface area contributed by atoms with Crippen LogP contribution in [0.2, 0.25) is 0 Å². The molecule has 0 radical (unpaired) electrons. The van der Waals surface area contributed by atoms with Gasteiger partial charge in [-0.25, -0.2) is 0 Å². The number of hydrogen-bond acceptors (Lipinski definition) is 3. The lowest BCUT2D eigenvalue weighted by Crippen LogP contribution is -2.22. The highest BCUT2D eigenvalue weighted by atomic mass is 16.5. The molecule has 1 N–H and O–H groups in total. The van der Waals surface area contributed by atoms with Crippen molar-refractivity contribution in [1.29, 1.82) is 0 Å². The Morgan fingerprint density at radius 2 is 2.60 bits per heavy atom. The van der Waals surface area contributed by atoms with E-state index in [1.807, 2.05) is 4.68 Å². The van der Waals surface area contributed by atoms with Crippen molar-refractivity contribution in [3.63, 3.8) is 0 Å². The van der Waals surface area contributed by atoms with Crippen molar-refractivity contribution in [3.05, 3.63) is 18.0 Å². The Morgan fingerprint density at radius 1 is 1.67 bits per heavy atom. The Labute approximate surface area is 90.6 Å². The maximum atomic E-state index is 5.45. The van der Waals surface area contributed by atoms with Gasteiger partial charge in [0.05, 0.1) is 18.3 Å². The Kier molecular flexibility index (Phi) is 3.75. The fourth-order valence-corrected chi connectivity index (χ4v) is 1.86. The number of nitrogens with one attached hydrogen (secondary N) is 1. The van der Waals surface area contributed by atoms with Crippen molar-refractivity contribution in [2.75, 3.05) is 19.8 Å². The summed E-state index contributed by atoms with van der Waals surface area (Å²) in [7, 11) is 0. The summed E-state index contributed by atoms with van der Waals surface area (Å²) < 4.78 is 7.50. The summed E-state index contributed by atoms with van der Waals surface area (Å²) in [6.45, 7) is 5.66. The second kappa shape index (κ2) is 5.28. The number of hydrogen-bond donors (Lipinski definition) is 1. The van der Waals surface area contributed by atoms with Crippen LogP contribution in [-0.4, -0.2) is 29.5 Å². The maximum absolute atomic E-state index is 5.45. The van der Waals surface area contributed by atoms with Crippen molar-refractivity contribution in [2.24, 2.45) is 0 Å². The van der Waals surface area contributed by atoms with Gasteiger partial charge in [0, 0.05) is 19.3 Å². The molecule has 1 aromatic heterocycles. The molecule has 1 aliphatic rings. The summed E-state index contributed by atoms with van der Waals surface area (Å²) in [5.41, 5.74) is 1.11. The van der Waals surface area contributed by atoms with E-state index in [1.54, 1.807) is 0 Å². The summed E-state index contributed by atoms with van der Waals surface area (Å²) in [6.07, 6.45) is 4.39. The van der Waals surface area contributed by atoms with Crippen LogP contribution in [0.3, 0.4) is 0 Å². The van der Waals surface area contributed by atoms with Gasteiger partial charge in [-0.2, -0.15) is 5.10 Å². The lowest BCUT2D eigenvalue weighted by molar-refractivity contribution is 0.0548. The number of aromatic nitrogens is 2. The molecule has 0 aliphatic carbocycles. The first kappa shape index (κ1) is 10.6. The third-order valence-electron chi connectivity index (χ3n) is 2.73. The minimum atomic E-state index is 0.439. The van der Waals surface area contributed by atoms with Crippen molar-refractivity contribution < 1.29 is 4.74 Å². The fraction of sp³-hybridized carbons (Fsp3) is 0.727. The van der Waals surface area contributed by atoms with E-state index in [2.05, 4.69) is 29.6 Å². The lowest BCUT2D eigenvalue weighted by atomic mass is 10.1. The Balaban J connectivity index is 1.93. The molecule has 0 spiro atoms. The number of rotatable bonds is 4. The number of ether oxygens (including phenoxy) is 1. The first-order chi connectivity index (χ1) is 7.40. The van der Waals surface area contributed by atoms with Gasteiger partial charge in [0.25, 0.3) is 0 Å². The van der Waals surface area contributed by atoms with Crippen LogP contribution in [0, 0.1) is 0 Å². The predicted octanol–water partition coefficient (Wildman–Crippen LogP) is 1.34. The van der Waals surface area contributed by atoms with Crippen molar-refractivity contribution >= 4 is 0 Å². The molecule has 0 aromatic carbocycles. The van der Waals surface area contributed by atoms with E-state index in [-0.39, 0.29) is 0 Å². The quantitative estimate of drug-likeness (QED) is 0.813. The van der Waals surface area contributed by atoms with Gasteiger partial charge in [-0.1, -0.05) is 6.92 Å². The maximum Gasteiger partial charge on any atom is 0.0762 e. The van der Waals surface area contributed by atoms with Crippen molar-refractivity contribution in [2.45, 2.75) is 32.4 Å². The van der Waals surface area contributed by atoms with Gasteiger partial charge in [0.15, 0.2) is 0 Å². The van der Waals surface area contributed by atoms with Crippen LogP contribution in [0.5, 0.6) is 0 Å². The monoisotopic (exact) mass is 209 g/mol. The molecule has 1 saturated heterocycles. The molecule has 0 bridgehead atoms. The number of nitrogens with zero attached hydrogens (tertiary/aromatic N) is 2. The van der Waals surface area contributed by atoms with E-state index >= 15 is 0 Å². The standard InChI is InChI=1S/C11H19N3O/c1-2-12-8-10-5-6-14(13-10)11-4-3-7-15-9-11/h5-6,11-12H,2-4,7-9H2,1H3. The zero-order valence-electron chi connectivity index (χ0n) is 9.28. The van der Waals surface area contributed by atoms with Gasteiger partial charge in [0.1, 0.15) is 0 Å². The highest BCUT2D eigenvalue weighted by molar-refractivity contribution is 4.99. The van der Waals surface area contributed by atoms with Gasteiger partial charge >= 0.3 is 0 Å². The molecular weight excluding hydrogens is 190 g/mol. The molecular formula is C11H19N3O. The average molecular weight is 209 g/mol. The van der Waals surface area contributed by atoms with Crippen LogP contribution in [0.1, 0.15) is 31.5 Å². The molecule has 15 heavy (non-hydrogen) atoms. The first-order valence-electron chi connectivity index (χ1n) is 5.72. The summed E-state index contributed by atoms with van der Waals surface area (Å²) in [5, 5.41) is 7.82. The van der Waals surface area contributed by atoms with Crippen LogP contribution in [-0.2, 0) is 11.3 Å². The molecule has 1 unspecified atom stereocenters. The van der Waals surface area contributed by atoms with Gasteiger partial charge in [-0.15, -0.1) is 0 Å². The second-order valence-electron chi connectivity index (χ2n) is 3.94. The molecule has 2 heterocycles. The zero-order valence-corrected chi connectivity index (χ0v) is 9.28. The van der Waals surface area contributed by atoms with Gasteiger partial charge < -0.3 is 10.1 Å². The molecule has 1 aromatic rings. The van der Waals surface area contributed by atoms with E-state index in [1.165, 1.54) is 6.42 Å². The Hall–Kier alpha value is -0.870. The summed E-state index contributed by atoms with van der Waals surface area (Å²) in [6, 6.07) is 2.52. The van der Waals surface area contributed by atoms with Gasteiger partial charge in [-0.3, -0.25) is 4.68 Å². The highest BCUT2D eigenvalue weighted by Crippen LogP contribution is 2.18. The van der Waals surface area contributed by atoms with E-state index in [0.717, 1.165) is 38.4 Å². The molecule has 0 saturated carbocycles. The molecule has 1 fully saturated rings. The first-order valence-corrected chi connectivity index (χ1v) is 5.72. The molecule has 4 nitrogen and oxygen atoms in total. The smallest absolute Gasteiger partial charge is 0.0762 e. The Bertz CT molecular complexity index is 292. The molecule has 1 aliphatic heterocycles. The van der Waals surface area contributed by atoms with E-state index in [4.69, 9.17) is 4.74 Å². The summed E-state index contributed by atoms with van der Waals surface area (Å²) >= 11 is 0. The molecule has 1 atom stereocenters. The third-order valence-corrected chi connectivity index (χ3v) is 2.73. The largest absolute Gasteiger partial charge is 0.379 e. The predicted molar refractivity (Wildman–Crippen MR) is 58.7 cm³/mol. The van der Waals surface area contributed by atoms with E-state index in [9.17, 15) is 0 Å². The van der Waals surface area contributed by atoms with Crippen molar-refractivity contribution in [1.82, 2.24) is 15.1 Å². The summed E-state index contributed by atoms with van der Waals surface area (Å²) in [4.78, 5) is 0.